The zero-order chi connectivity index (χ0) is 20.7. The number of aromatic amines is 1. The fraction of sp³-hybridized carbons (Fsp3) is 0.476. The number of thiophene rings is 1. The first-order valence-corrected chi connectivity index (χ1v) is 11.3. The van der Waals surface area contributed by atoms with Gasteiger partial charge in [0.25, 0.3) is 5.91 Å². The van der Waals surface area contributed by atoms with E-state index in [4.69, 9.17) is 9.72 Å². The fourth-order valence-corrected chi connectivity index (χ4v) is 4.95. The second-order valence-electron chi connectivity index (χ2n) is 8.10. The van der Waals surface area contributed by atoms with E-state index < -0.39 is 0 Å². The summed E-state index contributed by atoms with van der Waals surface area (Å²) in [4.78, 5) is 20.1. The van der Waals surface area contributed by atoms with Gasteiger partial charge in [0, 0.05) is 66.1 Å². The molecule has 0 aromatic carbocycles. The number of halogens is 1. The molecule has 1 saturated carbocycles. The highest BCUT2D eigenvalue weighted by Gasteiger charge is 2.28. The summed E-state index contributed by atoms with van der Waals surface area (Å²) in [7, 11) is 1.65. The van der Waals surface area contributed by atoms with Crippen LogP contribution >= 0.6 is 23.7 Å². The fourth-order valence-electron chi connectivity index (χ4n) is 4.02. The molecule has 1 saturated heterocycles. The van der Waals surface area contributed by atoms with Crippen molar-refractivity contribution in [3.8, 4) is 0 Å². The molecule has 31 heavy (non-hydrogen) atoms. The summed E-state index contributed by atoms with van der Waals surface area (Å²) >= 11 is 1.61. The van der Waals surface area contributed by atoms with Gasteiger partial charge >= 0.3 is 0 Å². The minimum atomic E-state index is -0.0468. The monoisotopic (exact) mass is 462 g/mol. The lowest BCUT2D eigenvalue weighted by Crippen LogP contribution is -2.51. The van der Waals surface area contributed by atoms with Crippen molar-refractivity contribution in [3.63, 3.8) is 0 Å². The van der Waals surface area contributed by atoms with Gasteiger partial charge in [0.2, 0.25) is 0 Å². The van der Waals surface area contributed by atoms with Gasteiger partial charge in [0.05, 0.1) is 6.61 Å². The van der Waals surface area contributed by atoms with Gasteiger partial charge in [0.15, 0.2) is 5.82 Å². The summed E-state index contributed by atoms with van der Waals surface area (Å²) in [6, 6.07) is 4.34. The van der Waals surface area contributed by atoms with E-state index in [1.54, 1.807) is 18.4 Å². The standard InChI is InChI=1S/C21H26N6O2S.ClH/c1-12-10-27(7-6-22-12)21(28)18-15(11-29-2)19-14(5-8-30-19)20(24-18)23-17-9-16(25-26-17)13-3-4-13;/h5,8-9,12-13,22H,3-4,6-7,10-11H2,1-2H3,(H2,23,24,25,26);1H/t12-;/m1./s1. The van der Waals surface area contributed by atoms with Crippen molar-refractivity contribution in [2.45, 2.75) is 38.3 Å². The Morgan fingerprint density at radius 1 is 1.42 bits per heavy atom. The van der Waals surface area contributed by atoms with Crippen LogP contribution in [0.5, 0.6) is 0 Å². The van der Waals surface area contributed by atoms with Crippen molar-refractivity contribution >= 4 is 51.4 Å². The topological polar surface area (TPSA) is 95.2 Å². The number of aromatic nitrogens is 3. The van der Waals surface area contributed by atoms with E-state index in [-0.39, 0.29) is 24.4 Å². The SMILES string of the molecule is COCc1c(C(=O)N2CCN[C@H](C)C2)nc(Nc2cc(C3CC3)[nH]n2)c2ccsc12.Cl. The third-order valence-corrected chi connectivity index (χ3v) is 6.69. The average molecular weight is 463 g/mol. The van der Waals surface area contributed by atoms with Crippen molar-refractivity contribution in [3.05, 3.63) is 34.5 Å². The molecule has 10 heteroatoms. The Morgan fingerprint density at radius 2 is 2.26 bits per heavy atom. The zero-order valence-corrected chi connectivity index (χ0v) is 19.2. The van der Waals surface area contributed by atoms with Gasteiger partial charge < -0.3 is 20.3 Å². The number of carbonyl (C=O) groups is 1. The summed E-state index contributed by atoms with van der Waals surface area (Å²) < 4.78 is 6.47. The molecule has 4 heterocycles. The molecule has 3 N–H and O–H groups in total. The lowest BCUT2D eigenvalue weighted by molar-refractivity contribution is 0.0698. The molecule has 3 aromatic rings. The lowest BCUT2D eigenvalue weighted by atomic mass is 10.1. The highest BCUT2D eigenvalue weighted by atomic mass is 35.5. The molecule has 1 aliphatic carbocycles. The third kappa shape index (κ3) is 4.41. The maximum Gasteiger partial charge on any atom is 0.273 e. The second kappa shape index (κ2) is 9.12. The van der Waals surface area contributed by atoms with E-state index in [0.29, 0.717) is 37.1 Å². The average Bonchev–Trinajstić information content (AvgIpc) is 3.28. The molecule has 1 atom stereocenters. The van der Waals surface area contributed by atoms with Gasteiger partial charge in [-0.25, -0.2) is 4.98 Å². The zero-order valence-electron chi connectivity index (χ0n) is 17.6. The van der Waals surface area contributed by atoms with Crippen LogP contribution in [0.1, 0.15) is 47.4 Å². The summed E-state index contributed by atoms with van der Waals surface area (Å²) in [6.07, 6.45) is 2.42. The quantitative estimate of drug-likeness (QED) is 0.517. The minimum absolute atomic E-state index is 0. The minimum Gasteiger partial charge on any atom is -0.380 e. The van der Waals surface area contributed by atoms with E-state index in [9.17, 15) is 4.79 Å². The molecule has 2 fully saturated rings. The Balaban J connectivity index is 0.00000231. The van der Waals surface area contributed by atoms with E-state index in [1.165, 1.54) is 12.8 Å². The number of hydrogen-bond donors (Lipinski definition) is 3. The number of amides is 1. The summed E-state index contributed by atoms with van der Waals surface area (Å²) in [6.45, 7) is 4.57. The predicted molar refractivity (Wildman–Crippen MR) is 125 cm³/mol. The lowest BCUT2D eigenvalue weighted by Gasteiger charge is -2.32. The van der Waals surface area contributed by atoms with Gasteiger partial charge in [-0.3, -0.25) is 9.89 Å². The Kier molecular flexibility index (Phi) is 6.47. The van der Waals surface area contributed by atoms with E-state index >= 15 is 0 Å². The number of piperazine rings is 1. The molecular weight excluding hydrogens is 436 g/mol. The molecule has 2 aliphatic rings. The van der Waals surface area contributed by atoms with Crippen molar-refractivity contribution in [2.75, 3.05) is 32.1 Å². The largest absolute Gasteiger partial charge is 0.380 e. The van der Waals surface area contributed by atoms with Crippen molar-refractivity contribution in [1.29, 1.82) is 0 Å². The molecule has 166 valence electrons. The number of nitrogens with one attached hydrogen (secondary N) is 3. The highest BCUT2D eigenvalue weighted by Crippen LogP contribution is 2.40. The van der Waals surface area contributed by atoms with Crippen LogP contribution in [0.25, 0.3) is 10.1 Å². The molecule has 0 bridgehead atoms. The molecule has 0 unspecified atom stereocenters. The van der Waals surface area contributed by atoms with Gasteiger partial charge in [0.1, 0.15) is 11.5 Å². The van der Waals surface area contributed by atoms with Gasteiger partial charge in [-0.2, -0.15) is 5.10 Å². The van der Waals surface area contributed by atoms with E-state index in [0.717, 1.165) is 33.7 Å². The molecule has 5 rings (SSSR count). The van der Waals surface area contributed by atoms with Crippen LogP contribution in [0.4, 0.5) is 11.6 Å². The number of methoxy groups -OCH3 is 1. The number of carbonyl (C=O) groups excluding carboxylic acids is 1. The third-order valence-electron chi connectivity index (χ3n) is 5.71. The number of ether oxygens (including phenoxy) is 1. The van der Waals surface area contributed by atoms with Crippen molar-refractivity contribution in [1.82, 2.24) is 25.4 Å². The first-order chi connectivity index (χ1) is 14.6. The van der Waals surface area contributed by atoms with Crippen LogP contribution in [0, 0.1) is 0 Å². The predicted octanol–water partition coefficient (Wildman–Crippen LogP) is 3.64. The number of H-pyrrole nitrogens is 1. The number of nitrogens with zero attached hydrogens (tertiary/aromatic N) is 3. The smallest absolute Gasteiger partial charge is 0.273 e. The Morgan fingerprint density at radius 3 is 3.00 bits per heavy atom. The molecule has 8 nitrogen and oxygen atoms in total. The summed E-state index contributed by atoms with van der Waals surface area (Å²) in [5.41, 5.74) is 2.47. The van der Waals surface area contributed by atoms with Crippen molar-refractivity contribution < 1.29 is 9.53 Å². The number of pyridine rings is 1. The maximum absolute atomic E-state index is 13.4. The molecule has 1 aliphatic heterocycles. The van der Waals surface area contributed by atoms with Gasteiger partial charge in [-0.1, -0.05) is 0 Å². The summed E-state index contributed by atoms with van der Waals surface area (Å²) in [5, 5.41) is 17.2. The summed E-state index contributed by atoms with van der Waals surface area (Å²) in [5.74, 6) is 1.93. The first-order valence-electron chi connectivity index (χ1n) is 10.4. The van der Waals surface area contributed by atoms with Crippen LogP contribution < -0.4 is 10.6 Å². The van der Waals surface area contributed by atoms with E-state index in [2.05, 4.69) is 27.8 Å². The highest BCUT2D eigenvalue weighted by molar-refractivity contribution is 7.17. The number of hydrogen-bond acceptors (Lipinski definition) is 7. The Labute approximate surface area is 191 Å². The molecule has 0 spiro atoms. The second-order valence-corrected chi connectivity index (χ2v) is 9.01. The van der Waals surface area contributed by atoms with E-state index in [1.807, 2.05) is 22.4 Å². The molecular formula is C21H27ClN6O2S. The van der Waals surface area contributed by atoms with Crippen LogP contribution in [-0.2, 0) is 11.3 Å². The molecule has 3 aromatic heterocycles. The number of fused-ring (bicyclic) bond motifs is 1. The first kappa shape index (κ1) is 22.0. The maximum atomic E-state index is 13.4. The van der Waals surface area contributed by atoms with Crippen LogP contribution in [0.2, 0.25) is 0 Å². The Hall–Kier alpha value is -2.20. The van der Waals surface area contributed by atoms with Gasteiger partial charge in [-0.15, -0.1) is 23.7 Å². The van der Waals surface area contributed by atoms with Crippen LogP contribution in [-0.4, -0.2) is 58.8 Å². The molecule has 1 amide bonds. The Bertz CT molecular complexity index is 1080. The normalized spacial score (nSPS) is 18.8. The number of rotatable bonds is 6. The van der Waals surface area contributed by atoms with Gasteiger partial charge in [-0.05, 0) is 31.2 Å². The van der Waals surface area contributed by atoms with Crippen molar-refractivity contribution in [2.24, 2.45) is 0 Å². The number of anilines is 2. The van der Waals surface area contributed by atoms with Crippen LogP contribution in [0.3, 0.4) is 0 Å². The molecule has 0 radical (unpaired) electrons. The van der Waals surface area contributed by atoms with Crippen LogP contribution in [0.15, 0.2) is 17.5 Å².